The number of ketones is 1. The molecule has 2 aromatic rings. The summed E-state index contributed by atoms with van der Waals surface area (Å²) in [6, 6.07) is 8.48. The van der Waals surface area contributed by atoms with Crippen LogP contribution in [0.25, 0.3) is 0 Å². The van der Waals surface area contributed by atoms with Crippen molar-refractivity contribution >= 4 is 34.7 Å². The van der Waals surface area contributed by atoms with Gasteiger partial charge in [-0.15, -0.1) is 11.3 Å². The van der Waals surface area contributed by atoms with Gasteiger partial charge in [-0.05, 0) is 68.5 Å². The summed E-state index contributed by atoms with van der Waals surface area (Å²) in [4.78, 5) is 37.2. The number of carbonyl (C=O) groups excluding carboxylic acids is 3. The normalized spacial score (nSPS) is 13.4. The summed E-state index contributed by atoms with van der Waals surface area (Å²) in [5, 5.41) is 2.65. The quantitative estimate of drug-likeness (QED) is 0.490. The molecule has 0 aliphatic heterocycles. The Morgan fingerprint density at radius 1 is 1.08 bits per heavy atom. The van der Waals surface area contributed by atoms with E-state index in [-0.39, 0.29) is 12.4 Å². The fourth-order valence-electron chi connectivity index (χ4n) is 2.96. The van der Waals surface area contributed by atoms with Gasteiger partial charge in [0.25, 0.3) is 5.91 Å². The zero-order chi connectivity index (χ0) is 18.5. The zero-order valence-corrected chi connectivity index (χ0v) is 15.5. The van der Waals surface area contributed by atoms with E-state index >= 15 is 0 Å². The minimum atomic E-state index is -0.454. The van der Waals surface area contributed by atoms with E-state index in [9.17, 15) is 14.4 Å². The van der Waals surface area contributed by atoms with Crippen LogP contribution in [-0.4, -0.2) is 24.3 Å². The third-order valence-corrected chi connectivity index (χ3v) is 5.57. The molecule has 1 aromatic carbocycles. The van der Waals surface area contributed by atoms with Crippen molar-refractivity contribution in [3.8, 4) is 0 Å². The molecule has 1 heterocycles. The molecule has 1 aliphatic carbocycles. The first-order valence-electron chi connectivity index (χ1n) is 8.72. The molecule has 0 saturated carbocycles. The Balaban J connectivity index is 1.52. The minimum absolute atomic E-state index is 0.0360. The van der Waals surface area contributed by atoms with Gasteiger partial charge in [-0.25, -0.2) is 4.79 Å². The average molecular weight is 371 g/mol. The van der Waals surface area contributed by atoms with Crippen molar-refractivity contribution in [2.75, 3.05) is 11.9 Å². The van der Waals surface area contributed by atoms with Crippen molar-refractivity contribution in [2.45, 2.75) is 39.0 Å². The molecule has 0 spiro atoms. The van der Waals surface area contributed by atoms with Crippen LogP contribution >= 0.6 is 11.3 Å². The number of fused-ring (bicyclic) bond motifs is 1. The Labute approximate surface area is 156 Å². The first-order valence-corrected chi connectivity index (χ1v) is 9.54. The van der Waals surface area contributed by atoms with Crippen LogP contribution in [0.3, 0.4) is 0 Å². The van der Waals surface area contributed by atoms with Crippen LogP contribution in [0.1, 0.15) is 56.7 Å². The summed E-state index contributed by atoms with van der Waals surface area (Å²) in [7, 11) is 0. The average Bonchev–Trinajstić information content (AvgIpc) is 2.91. The fraction of sp³-hybridized carbons (Fsp3) is 0.350. The molecule has 0 saturated heterocycles. The number of benzene rings is 1. The molecule has 5 nitrogen and oxygen atoms in total. The molecule has 0 radical (unpaired) electrons. The maximum atomic E-state index is 12.2. The number of carbonyl (C=O) groups is 3. The molecule has 1 N–H and O–H groups in total. The number of esters is 1. The summed E-state index contributed by atoms with van der Waals surface area (Å²) < 4.78 is 5.14. The Kier molecular flexibility index (Phi) is 5.83. The minimum Gasteiger partial charge on any atom is -0.451 e. The Hall–Kier alpha value is -2.47. The second kappa shape index (κ2) is 8.27. The number of ether oxygens (including phenoxy) is 1. The Bertz CT molecular complexity index is 799. The lowest BCUT2D eigenvalue weighted by atomic mass is 10.1. The molecule has 6 heteroatoms. The van der Waals surface area contributed by atoms with Crippen LogP contribution in [0.2, 0.25) is 0 Å². The smallest absolute Gasteiger partial charge is 0.348 e. The highest BCUT2D eigenvalue weighted by atomic mass is 32.1. The second-order valence-electron chi connectivity index (χ2n) is 6.38. The van der Waals surface area contributed by atoms with Gasteiger partial charge < -0.3 is 10.1 Å². The van der Waals surface area contributed by atoms with Crippen molar-refractivity contribution in [1.82, 2.24) is 0 Å². The van der Waals surface area contributed by atoms with E-state index in [2.05, 4.69) is 5.32 Å². The Morgan fingerprint density at radius 3 is 2.54 bits per heavy atom. The van der Waals surface area contributed by atoms with E-state index in [4.69, 9.17) is 4.74 Å². The number of aryl methyl sites for hydroxylation is 2. The number of rotatable bonds is 5. The van der Waals surface area contributed by atoms with Gasteiger partial charge in [0.1, 0.15) is 4.88 Å². The van der Waals surface area contributed by atoms with Gasteiger partial charge in [-0.3, -0.25) is 9.59 Å². The van der Waals surface area contributed by atoms with Gasteiger partial charge in [-0.1, -0.05) is 6.42 Å². The lowest BCUT2D eigenvalue weighted by Crippen LogP contribution is -2.20. The molecule has 136 valence electrons. The highest BCUT2D eigenvalue weighted by Crippen LogP contribution is 2.29. The van der Waals surface area contributed by atoms with E-state index < -0.39 is 11.9 Å². The maximum Gasteiger partial charge on any atom is 0.348 e. The van der Waals surface area contributed by atoms with Crippen molar-refractivity contribution in [1.29, 1.82) is 0 Å². The number of Topliss-reactive ketones (excluding diaryl/α,β-unsaturated/α-hetero) is 1. The largest absolute Gasteiger partial charge is 0.451 e. The maximum absolute atomic E-state index is 12.2. The van der Waals surface area contributed by atoms with Crippen LogP contribution < -0.4 is 5.32 Å². The lowest BCUT2D eigenvalue weighted by molar-refractivity contribution is -0.119. The van der Waals surface area contributed by atoms with E-state index in [0.29, 0.717) is 16.1 Å². The van der Waals surface area contributed by atoms with Gasteiger partial charge in [0.2, 0.25) is 0 Å². The number of nitrogens with one attached hydrogen (secondary N) is 1. The first kappa shape index (κ1) is 18.3. The molecule has 1 aromatic heterocycles. The highest BCUT2D eigenvalue weighted by molar-refractivity contribution is 7.14. The molecule has 26 heavy (non-hydrogen) atoms. The van der Waals surface area contributed by atoms with Gasteiger partial charge in [0.05, 0.1) is 0 Å². The summed E-state index contributed by atoms with van der Waals surface area (Å²) in [5.41, 5.74) is 2.38. The van der Waals surface area contributed by atoms with Crippen molar-refractivity contribution in [3.63, 3.8) is 0 Å². The van der Waals surface area contributed by atoms with E-state index in [0.717, 1.165) is 25.7 Å². The molecule has 1 aliphatic rings. The van der Waals surface area contributed by atoms with Crippen LogP contribution in [0.5, 0.6) is 0 Å². The SMILES string of the molecule is CC(=O)c1ccc(NC(=O)COC(=O)c2cc3c(s2)CCCCC3)cc1. The topological polar surface area (TPSA) is 72.5 Å². The first-order chi connectivity index (χ1) is 12.5. The lowest BCUT2D eigenvalue weighted by Gasteiger charge is -2.06. The van der Waals surface area contributed by atoms with Crippen LogP contribution in [-0.2, 0) is 22.4 Å². The molecule has 0 fully saturated rings. The van der Waals surface area contributed by atoms with E-state index in [1.807, 2.05) is 6.07 Å². The van der Waals surface area contributed by atoms with E-state index in [1.54, 1.807) is 24.3 Å². The van der Waals surface area contributed by atoms with Crippen LogP contribution in [0, 0.1) is 0 Å². The monoisotopic (exact) mass is 371 g/mol. The number of hydrogen-bond acceptors (Lipinski definition) is 5. The molecular weight excluding hydrogens is 350 g/mol. The predicted octanol–water partition coefficient (Wildman–Crippen LogP) is 4.02. The third-order valence-electron chi connectivity index (χ3n) is 4.36. The third kappa shape index (κ3) is 4.58. The van der Waals surface area contributed by atoms with Crippen LogP contribution in [0.15, 0.2) is 30.3 Å². The highest BCUT2D eigenvalue weighted by Gasteiger charge is 2.18. The summed E-state index contributed by atoms with van der Waals surface area (Å²) in [5.74, 6) is -0.900. The number of hydrogen-bond donors (Lipinski definition) is 1. The van der Waals surface area contributed by atoms with Crippen molar-refractivity contribution < 1.29 is 19.1 Å². The van der Waals surface area contributed by atoms with Crippen molar-refractivity contribution in [3.05, 3.63) is 51.2 Å². The molecule has 0 atom stereocenters. The predicted molar refractivity (Wildman–Crippen MR) is 101 cm³/mol. The van der Waals surface area contributed by atoms with E-state index in [1.165, 1.54) is 35.1 Å². The number of anilines is 1. The molecular formula is C20H21NO4S. The summed E-state index contributed by atoms with van der Waals surface area (Å²) in [6.45, 7) is 1.15. The molecule has 0 bridgehead atoms. The fourth-order valence-corrected chi connectivity index (χ4v) is 4.10. The molecule has 1 amide bonds. The van der Waals surface area contributed by atoms with Crippen molar-refractivity contribution in [2.24, 2.45) is 0 Å². The molecule has 3 rings (SSSR count). The standard InChI is InChI=1S/C20H21NO4S/c1-13(22)14-7-9-16(10-8-14)21-19(23)12-25-20(24)18-11-15-5-3-2-4-6-17(15)26-18/h7-11H,2-6,12H2,1H3,(H,21,23). The second-order valence-corrected chi connectivity index (χ2v) is 7.51. The van der Waals surface area contributed by atoms with Gasteiger partial charge in [0, 0.05) is 16.1 Å². The van der Waals surface area contributed by atoms with Crippen LogP contribution in [0.4, 0.5) is 5.69 Å². The number of thiophene rings is 1. The Morgan fingerprint density at radius 2 is 1.81 bits per heavy atom. The summed E-state index contributed by atoms with van der Waals surface area (Å²) >= 11 is 1.48. The molecule has 0 unspecified atom stereocenters. The van der Waals surface area contributed by atoms with Gasteiger partial charge in [0.15, 0.2) is 12.4 Å². The van der Waals surface area contributed by atoms with Gasteiger partial charge in [-0.2, -0.15) is 0 Å². The summed E-state index contributed by atoms with van der Waals surface area (Å²) in [6.07, 6.45) is 5.57. The zero-order valence-electron chi connectivity index (χ0n) is 14.7. The van der Waals surface area contributed by atoms with Gasteiger partial charge >= 0.3 is 5.97 Å². The number of amides is 1.